The second kappa shape index (κ2) is 5.79. The largest absolute Gasteiger partial charge is 0.408 e. The molecular weight excluding hydrogens is 228 g/mol. The van der Waals surface area contributed by atoms with Gasteiger partial charge in [0.15, 0.2) is 0 Å². The van der Waals surface area contributed by atoms with E-state index in [1.165, 1.54) is 11.8 Å². The minimum absolute atomic E-state index is 0.357. The van der Waals surface area contributed by atoms with Gasteiger partial charge in [0.25, 0.3) is 5.56 Å². The van der Waals surface area contributed by atoms with Crippen LogP contribution in [0.1, 0.15) is 25.3 Å². The summed E-state index contributed by atoms with van der Waals surface area (Å²) in [5.74, 6) is 0. The summed E-state index contributed by atoms with van der Waals surface area (Å²) >= 11 is 1.33. The van der Waals surface area contributed by atoms with Gasteiger partial charge in [-0.05, 0) is 19.6 Å². The molecule has 0 unspecified atom stereocenters. The first kappa shape index (κ1) is 12.9. The lowest BCUT2D eigenvalue weighted by atomic mass is 10.4. The smallest absolute Gasteiger partial charge is 0.362 e. The third-order valence-electron chi connectivity index (χ3n) is 2.16. The topological polar surface area (TPSA) is 64.1 Å². The van der Waals surface area contributed by atoms with Gasteiger partial charge in [-0.2, -0.15) is 0 Å². The molecule has 5 nitrogen and oxygen atoms in total. The van der Waals surface area contributed by atoms with Gasteiger partial charge in [0, 0.05) is 5.56 Å². The van der Waals surface area contributed by atoms with Gasteiger partial charge in [0.2, 0.25) is 0 Å². The molecule has 0 saturated heterocycles. The molecule has 1 heterocycles. The van der Waals surface area contributed by atoms with E-state index >= 15 is 0 Å². The highest BCUT2D eigenvalue weighted by Gasteiger charge is 2.11. The van der Waals surface area contributed by atoms with E-state index in [4.69, 9.17) is 4.84 Å². The van der Waals surface area contributed by atoms with Crippen molar-refractivity contribution in [2.24, 2.45) is 0 Å². The Balaban J connectivity index is 3.11. The van der Waals surface area contributed by atoms with E-state index in [9.17, 15) is 9.59 Å². The Morgan fingerprint density at radius 2 is 2.12 bits per heavy atom. The standard InChI is InChI=1S/C10H16N2O3S/c1-4-5-6-15-12-9(16-3)7(2)8(13)11-10(12)14/h4-6H2,1-3H3,(H,11,13,14). The van der Waals surface area contributed by atoms with E-state index in [-0.39, 0.29) is 5.56 Å². The summed E-state index contributed by atoms with van der Waals surface area (Å²) < 4.78 is 1.16. The second-order valence-corrected chi connectivity index (χ2v) is 4.17. The number of rotatable bonds is 5. The van der Waals surface area contributed by atoms with E-state index < -0.39 is 5.69 Å². The zero-order valence-corrected chi connectivity index (χ0v) is 10.5. The third kappa shape index (κ3) is 2.69. The van der Waals surface area contributed by atoms with Gasteiger partial charge in [-0.15, -0.1) is 16.5 Å². The number of nitrogens with one attached hydrogen (secondary N) is 1. The molecule has 0 radical (unpaired) electrons. The summed E-state index contributed by atoms with van der Waals surface area (Å²) in [7, 11) is 0. The Bertz CT molecular complexity index is 464. The SMILES string of the molecule is CCCCOn1c(SC)c(C)c(=O)[nH]c1=O. The number of unbranched alkanes of at least 4 members (excludes halogenated alkanes) is 1. The third-order valence-corrected chi connectivity index (χ3v) is 3.02. The fourth-order valence-corrected chi connectivity index (χ4v) is 1.94. The Morgan fingerprint density at radius 3 is 2.69 bits per heavy atom. The lowest BCUT2D eigenvalue weighted by Crippen LogP contribution is -2.37. The fraction of sp³-hybridized carbons (Fsp3) is 0.600. The minimum Gasteiger partial charge on any atom is -0.408 e. The van der Waals surface area contributed by atoms with Crippen molar-refractivity contribution in [2.45, 2.75) is 31.7 Å². The number of thioether (sulfide) groups is 1. The quantitative estimate of drug-likeness (QED) is 0.472. The Hall–Kier alpha value is -1.17. The molecule has 0 aliphatic heterocycles. The number of hydrogen-bond acceptors (Lipinski definition) is 4. The maximum absolute atomic E-state index is 11.5. The van der Waals surface area contributed by atoms with Crippen LogP contribution in [0.5, 0.6) is 0 Å². The van der Waals surface area contributed by atoms with Crippen molar-refractivity contribution < 1.29 is 4.84 Å². The zero-order chi connectivity index (χ0) is 12.1. The molecule has 0 atom stereocenters. The molecular formula is C10H16N2O3S. The first-order valence-corrected chi connectivity index (χ1v) is 6.37. The van der Waals surface area contributed by atoms with Crippen molar-refractivity contribution in [3.05, 3.63) is 26.4 Å². The molecule has 0 bridgehead atoms. The Morgan fingerprint density at radius 1 is 1.44 bits per heavy atom. The van der Waals surface area contributed by atoms with E-state index in [0.29, 0.717) is 17.2 Å². The van der Waals surface area contributed by atoms with Crippen molar-refractivity contribution >= 4 is 11.8 Å². The van der Waals surface area contributed by atoms with Crippen LogP contribution in [-0.4, -0.2) is 22.6 Å². The van der Waals surface area contributed by atoms with E-state index in [1.807, 2.05) is 6.92 Å². The van der Waals surface area contributed by atoms with Crippen molar-refractivity contribution in [1.29, 1.82) is 0 Å². The lowest BCUT2D eigenvalue weighted by Gasteiger charge is -2.12. The van der Waals surface area contributed by atoms with Gasteiger partial charge in [0.1, 0.15) is 11.6 Å². The number of hydrogen-bond donors (Lipinski definition) is 1. The molecule has 6 heteroatoms. The summed E-state index contributed by atoms with van der Waals surface area (Å²) in [6, 6.07) is 0. The van der Waals surface area contributed by atoms with Crippen LogP contribution in [0.25, 0.3) is 0 Å². The molecule has 16 heavy (non-hydrogen) atoms. The van der Waals surface area contributed by atoms with Crippen molar-refractivity contribution in [3.8, 4) is 0 Å². The summed E-state index contributed by atoms with van der Waals surface area (Å²) in [6.07, 6.45) is 3.67. The number of aromatic amines is 1. The molecule has 90 valence electrons. The second-order valence-electron chi connectivity index (χ2n) is 3.37. The average Bonchev–Trinajstić information content (AvgIpc) is 2.26. The van der Waals surface area contributed by atoms with E-state index in [1.54, 1.807) is 13.2 Å². The molecule has 0 spiro atoms. The number of H-pyrrole nitrogens is 1. The monoisotopic (exact) mass is 244 g/mol. The molecule has 0 aliphatic rings. The van der Waals surface area contributed by atoms with Crippen LogP contribution >= 0.6 is 11.8 Å². The van der Waals surface area contributed by atoms with Gasteiger partial charge in [-0.25, -0.2) is 4.79 Å². The van der Waals surface area contributed by atoms with Gasteiger partial charge in [-0.3, -0.25) is 9.78 Å². The van der Waals surface area contributed by atoms with Crippen LogP contribution in [0.3, 0.4) is 0 Å². The molecule has 1 N–H and O–H groups in total. The molecule has 1 rings (SSSR count). The van der Waals surface area contributed by atoms with Crippen LogP contribution in [0.2, 0.25) is 0 Å². The van der Waals surface area contributed by atoms with Crippen LogP contribution < -0.4 is 16.1 Å². The Labute approximate surface area is 97.8 Å². The zero-order valence-electron chi connectivity index (χ0n) is 9.70. The normalized spacial score (nSPS) is 10.4. The molecule has 0 amide bonds. The summed E-state index contributed by atoms with van der Waals surface area (Å²) in [6.45, 7) is 4.18. The van der Waals surface area contributed by atoms with Gasteiger partial charge < -0.3 is 4.84 Å². The highest BCUT2D eigenvalue weighted by atomic mass is 32.2. The molecule has 1 aromatic rings. The Kier molecular flexibility index (Phi) is 4.67. The van der Waals surface area contributed by atoms with E-state index in [0.717, 1.165) is 17.6 Å². The molecule has 0 fully saturated rings. The van der Waals surface area contributed by atoms with Gasteiger partial charge in [0.05, 0.1) is 0 Å². The maximum atomic E-state index is 11.5. The predicted molar refractivity (Wildman–Crippen MR) is 64.2 cm³/mol. The van der Waals surface area contributed by atoms with Crippen molar-refractivity contribution in [1.82, 2.24) is 9.71 Å². The van der Waals surface area contributed by atoms with Gasteiger partial charge in [-0.1, -0.05) is 13.3 Å². The number of aromatic nitrogens is 2. The van der Waals surface area contributed by atoms with Crippen LogP contribution in [0.4, 0.5) is 0 Å². The first-order valence-electron chi connectivity index (χ1n) is 5.15. The molecule has 1 aromatic heterocycles. The summed E-state index contributed by atoms with van der Waals surface area (Å²) in [5.41, 5.74) is -0.371. The highest BCUT2D eigenvalue weighted by molar-refractivity contribution is 7.98. The van der Waals surface area contributed by atoms with Crippen LogP contribution in [0.15, 0.2) is 14.6 Å². The van der Waals surface area contributed by atoms with Crippen molar-refractivity contribution in [2.75, 3.05) is 12.9 Å². The first-order chi connectivity index (χ1) is 7.61. The van der Waals surface area contributed by atoms with Gasteiger partial charge >= 0.3 is 5.69 Å². The average molecular weight is 244 g/mol. The summed E-state index contributed by atoms with van der Waals surface area (Å²) in [4.78, 5) is 30.5. The van der Waals surface area contributed by atoms with Crippen LogP contribution in [-0.2, 0) is 0 Å². The summed E-state index contributed by atoms with van der Waals surface area (Å²) in [5, 5.41) is 0.560. The van der Waals surface area contributed by atoms with E-state index in [2.05, 4.69) is 4.98 Å². The number of nitrogens with zero attached hydrogens (tertiary/aromatic N) is 1. The maximum Gasteiger partial charge on any atom is 0.362 e. The van der Waals surface area contributed by atoms with Crippen molar-refractivity contribution in [3.63, 3.8) is 0 Å². The highest BCUT2D eigenvalue weighted by Crippen LogP contribution is 2.13. The molecule has 0 aromatic carbocycles. The fourth-order valence-electron chi connectivity index (χ4n) is 1.24. The lowest BCUT2D eigenvalue weighted by molar-refractivity contribution is 0.0768. The van der Waals surface area contributed by atoms with Crippen LogP contribution in [0, 0.1) is 6.92 Å². The molecule has 0 saturated carbocycles. The molecule has 0 aliphatic carbocycles. The predicted octanol–water partition coefficient (Wildman–Crippen LogP) is 0.796. The minimum atomic E-state index is -0.518.